The monoisotopic (exact) mass is 348 g/mol. The molecule has 0 aliphatic rings. The van der Waals surface area contributed by atoms with Gasteiger partial charge in [0.2, 0.25) is 0 Å². The summed E-state index contributed by atoms with van der Waals surface area (Å²) in [4.78, 5) is 0. The summed E-state index contributed by atoms with van der Waals surface area (Å²) < 4.78 is 78.6. The smallest absolute Gasteiger partial charge is 0.405 e. The van der Waals surface area contributed by atoms with Crippen molar-refractivity contribution in [2.24, 2.45) is 5.10 Å². The molecule has 24 heavy (non-hydrogen) atoms. The molecular weight excluding hydrogens is 338 g/mol. The molecule has 0 heterocycles. The molecule has 0 radical (unpaired) electrons. The highest BCUT2D eigenvalue weighted by molar-refractivity contribution is 5.81. The van der Waals surface area contributed by atoms with Gasteiger partial charge in [0.05, 0.1) is 17.5 Å². The van der Waals surface area contributed by atoms with Crippen molar-refractivity contribution in [2.75, 3.05) is 5.43 Å². The zero-order valence-electron chi connectivity index (χ0n) is 11.8. The Hall–Kier alpha value is -2.71. The summed E-state index contributed by atoms with van der Waals surface area (Å²) in [6.45, 7) is 0. The highest BCUT2D eigenvalue weighted by atomic mass is 19.4. The van der Waals surface area contributed by atoms with Crippen molar-refractivity contribution in [3.8, 4) is 5.75 Å². The topological polar surface area (TPSA) is 33.6 Å². The summed E-state index contributed by atoms with van der Waals surface area (Å²) in [5.41, 5.74) is 1.60. The Kier molecular flexibility index (Phi) is 5.01. The van der Waals surface area contributed by atoms with E-state index in [2.05, 4.69) is 15.3 Å². The van der Waals surface area contributed by atoms with Gasteiger partial charge in [0.25, 0.3) is 0 Å². The van der Waals surface area contributed by atoms with Crippen molar-refractivity contribution in [3.63, 3.8) is 0 Å². The van der Waals surface area contributed by atoms with E-state index in [4.69, 9.17) is 0 Å². The molecule has 2 aromatic carbocycles. The molecule has 0 amide bonds. The number of ether oxygens (including phenoxy) is 1. The second-order valence-electron chi connectivity index (χ2n) is 4.54. The molecule has 2 aromatic rings. The zero-order chi connectivity index (χ0) is 17.8. The fourth-order valence-corrected chi connectivity index (χ4v) is 1.76. The first kappa shape index (κ1) is 17.6. The van der Waals surface area contributed by atoms with E-state index in [0.29, 0.717) is 17.8 Å². The number of anilines is 1. The van der Waals surface area contributed by atoms with Crippen LogP contribution in [0.3, 0.4) is 0 Å². The van der Waals surface area contributed by atoms with Gasteiger partial charge < -0.3 is 4.74 Å². The van der Waals surface area contributed by atoms with E-state index >= 15 is 0 Å². The minimum absolute atomic E-state index is 0.0414. The van der Waals surface area contributed by atoms with Gasteiger partial charge >= 0.3 is 12.5 Å². The quantitative estimate of drug-likeness (QED) is 0.477. The Morgan fingerprint density at radius 2 is 1.58 bits per heavy atom. The van der Waals surface area contributed by atoms with E-state index in [9.17, 15) is 26.3 Å². The Bertz CT molecular complexity index is 710. The number of rotatable bonds is 4. The lowest BCUT2D eigenvalue weighted by atomic mass is 10.1. The molecule has 1 N–H and O–H groups in total. The summed E-state index contributed by atoms with van der Waals surface area (Å²) >= 11 is 0. The third kappa shape index (κ3) is 5.18. The van der Waals surface area contributed by atoms with Crippen molar-refractivity contribution in [3.05, 3.63) is 59.7 Å². The minimum Gasteiger partial charge on any atom is -0.405 e. The van der Waals surface area contributed by atoms with Crippen molar-refractivity contribution >= 4 is 11.9 Å². The maximum atomic E-state index is 12.9. The van der Waals surface area contributed by atoms with Crippen molar-refractivity contribution in [1.29, 1.82) is 0 Å². The first-order valence-electron chi connectivity index (χ1n) is 6.46. The molecule has 0 fully saturated rings. The average molecular weight is 348 g/mol. The third-order valence-corrected chi connectivity index (χ3v) is 2.72. The molecule has 0 aliphatic heterocycles. The van der Waals surface area contributed by atoms with Crippen molar-refractivity contribution in [2.45, 2.75) is 12.5 Å². The van der Waals surface area contributed by atoms with Crippen LogP contribution >= 0.6 is 0 Å². The third-order valence-electron chi connectivity index (χ3n) is 2.72. The summed E-state index contributed by atoms with van der Waals surface area (Å²) in [5.74, 6) is -1.32. The number of alkyl halides is 6. The fraction of sp³-hybridized carbons (Fsp3) is 0.133. The van der Waals surface area contributed by atoms with Crippen LogP contribution < -0.4 is 10.2 Å². The lowest BCUT2D eigenvalue weighted by Gasteiger charge is -2.15. The standard InChI is InChI=1S/C15H10F6N2O/c16-14(17,18)12-8-10(6-7-13(12)24-15(19,20)21)9-22-23-11-4-2-1-3-5-11/h1-9,23H. The molecule has 0 saturated heterocycles. The van der Waals surface area contributed by atoms with Gasteiger partial charge in [0, 0.05) is 0 Å². The Labute approximate surface area is 132 Å². The molecule has 128 valence electrons. The predicted octanol–water partition coefficient (Wildman–Crippen LogP) is 5.05. The van der Waals surface area contributed by atoms with Crippen LogP contribution in [0.4, 0.5) is 32.0 Å². The molecule has 9 heteroatoms. The maximum absolute atomic E-state index is 12.9. The molecule has 0 aliphatic carbocycles. The van der Waals surface area contributed by atoms with E-state index in [-0.39, 0.29) is 5.56 Å². The first-order valence-corrected chi connectivity index (χ1v) is 6.46. The summed E-state index contributed by atoms with van der Waals surface area (Å²) in [7, 11) is 0. The fourth-order valence-electron chi connectivity index (χ4n) is 1.76. The Balaban J connectivity index is 2.23. The van der Waals surface area contributed by atoms with Crippen LogP contribution in [-0.4, -0.2) is 12.6 Å². The number of hydrogen-bond acceptors (Lipinski definition) is 3. The van der Waals surface area contributed by atoms with Gasteiger partial charge in [-0.3, -0.25) is 5.43 Å². The summed E-state index contributed by atoms with van der Waals surface area (Å²) in [6.07, 6.45) is -9.17. The van der Waals surface area contributed by atoms with Crippen molar-refractivity contribution < 1.29 is 31.1 Å². The van der Waals surface area contributed by atoms with E-state index in [0.717, 1.165) is 12.3 Å². The second-order valence-corrected chi connectivity index (χ2v) is 4.54. The van der Waals surface area contributed by atoms with E-state index < -0.39 is 23.9 Å². The number of para-hydroxylation sites is 1. The summed E-state index contributed by atoms with van der Waals surface area (Å²) in [6, 6.07) is 10.7. The maximum Gasteiger partial charge on any atom is 0.573 e. The van der Waals surface area contributed by atoms with Gasteiger partial charge in [0.15, 0.2) is 0 Å². The van der Waals surface area contributed by atoms with Crippen LogP contribution in [0.5, 0.6) is 5.75 Å². The van der Waals surface area contributed by atoms with Crippen molar-refractivity contribution in [1.82, 2.24) is 0 Å². The predicted molar refractivity (Wildman–Crippen MR) is 75.8 cm³/mol. The van der Waals surface area contributed by atoms with Crippen LogP contribution in [0.2, 0.25) is 0 Å². The molecule has 0 atom stereocenters. The number of halogens is 6. The van der Waals surface area contributed by atoms with Crippen LogP contribution in [0.15, 0.2) is 53.6 Å². The van der Waals surface area contributed by atoms with Gasteiger partial charge in [-0.15, -0.1) is 13.2 Å². The molecule has 3 nitrogen and oxygen atoms in total. The molecule has 0 spiro atoms. The highest BCUT2D eigenvalue weighted by Crippen LogP contribution is 2.38. The molecule has 2 rings (SSSR count). The minimum atomic E-state index is -5.22. The molecule has 0 aromatic heterocycles. The summed E-state index contributed by atoms with van der Waals surface area (Å²) in [5, 5.41) is 3.73. The van der Waals surface area contributed by atoms with E-state index in [1.165, 1.54) is 0 Å². The number of hydrazone groups is 1. The van der Waals surface area contributed by atoms with Gasteiger partial charge in [-0.05, 0) is 35.9 Å². The SMILES string of the molecule is FC(F)(F)Oc1ccc(C=NNc2ccccc2)cc1C(F)(F)F. The van der Waals surface area contributed by atoms with Crippen LogP contribution in [0.25, 0.3) is 0 Å². The molecular formula is C15H10F6N2O. The number of hydrogen-bond donors (Lipinski definition) is 1. The van der Waals surface area contributed by atoms with Gasteiger partial charge in [0.1, 0.15) is 5.75 Å². The number of benzene rings is 2. The van der Waals surface area contributed by atoms with Gasteiger partial charge in [-0.1, -0.05) is 18.2 Å². The Morgan fingerprint density at radius 3 is 2.17 bits per heavy atom. The number of nitrogens with zero attached hydrogens (tertiary/aromatic N) is 1. The lowest BCUT2D eigenvalue weighted by Crippen LogP contribution is -2.20. The largest absolute Gasteiger partial charge is 0.573 e. The normalized spacial score (nSPS) is 12.4. The van der Waals surface area contributed by atoms with Crippen LogP contribution in [0, 0.1) is 0 Å². The van der Waals surface area contributed by atoms with E-state index in [1.54, 1.807) is 30.3 Å². The average Bonchev–Trinajstić information content (AvgIpc) is 2.47. The number of nitrogens with one attached hydrogen (secondary N) is 1. The van der Waals surface area contributed by atoms with Crippen LogP contribution in [-0.2, 0) is 6.18 Å². The van der Waals surface area contributed by atoms with Crippen LogP contribution in [0.1, 0.15) is 11.1 Å². The molecule has 0 bridgehead atoms. The lowest BCUT2D eigenvalue weighted by molar-refractivity contribution is -0.276. The molecule has 0 saturated carbocycles. The first-order chi connectivity index (χ1) is 11.1. The second kappa shape index (κ2) is 6.81. The Morgan fingerprint density at radius 1 is 0.917 bits per heavy atom. The van der Waals surface area contributed by atoms with Gasteiger partial charge in [-0.2, -0.15) is 18.3 Å². The van der Waals surface area contributed by atoms with Gasteiger partial charge in [-0.25, -0.2) is 0 Å². The van der Waals surface area contributed by atoms with E-state index in [1.807, 2.05) is 0 Å². The zero-order valence-corrected chi connectivity index (χ0v) is 11.8. The molecule has 0 unspecified atom stereocenters. The highest BCUT2D eigenvalue weighted by Gasteiger charge is 2.39.